The molecule has 0 spiro atoms. The molecule has 5 nitrogen and oxygen atoms in total. The van der Waals surface area contributed by atoms with Crippen LogP contribution in [-0.4, -0.2) is 27.9 Å². The van der Waals surface area contributed by atoms with Gasteiger partial charge in [0.25, 0.3) is 10.0 Å². The summed E-state index contributed by atoms with van der Waals surface area (Å²) in [5.41, 5.74) is -1.48. The molecule has 0 aliphatic heterocycles. The Hall–Kier alpha value is -2.33. The third kappa shape index (κ3) is 4.69. The molecule has 0 unspecified atom stereocenters. The number of benzene rings is 2. The lowest BCUT2D eigenvalue weighted by molar-refractivity contribution is -0.137. The number of carbonyl (C=O) groups excluding carboxylic acids is 1. The molecule has 0 aromatic heterocycles. The molecule has 0 fully saturated rings. The fourth-order valence-corrected chi connectivity index (χ4v) is 4.07. The highest BCUT2D eigenvalue weighted by atomic mass is 35.5. The second-order valence-electron chi connectivity index (χ2n) is 5.31. The Labute approximate surface area is 157 Å². The van der Waals surface area contributed by atoms with Gasteiger partial charge in [0.2, 0.25) is 5.91 Å². The zero-order valence-electron chi connectivity index (χ0n) is 13.7. The number of halogens is 5. The van der Waals surface area contributed by atoms with Crippen LogP contribution < -0.4 is 9.62 Å². The van der Waals surface area contributed by atoms with Gasteiger partial charge in [-0.15, -0.1) is 0 Å². The van der Waals surface area contributed by atoms with Crippen molar-refractivity contribution in [3.8, 4) is 0 Å². The van der Waals surface area contributed by atoms with E-state index >= 15 is 0 Å². The quantitative estimate of drug-likeness (QED) is 0.748. The lowest BCUT2D eigenvalue weighted by Crippen LogP contribution is -2.40. The maximum absolute atomic E-state index is 13.5. The van der Waals surface area contributed by atoms with Gasteiger partial charge in [-0.1, -0.05) is 17.7 Å². The van der Waals surface area contributed by atoms with Crippen molar-refractivity contribution in [2.75, 3.05) is 17.9 Å². The minimum atomic E-state index is -4.81. The van der Waals surface area contributed by atoms with Gasteiger partial charge in [-0.25, -0.2) is 12.8 Å². The summed E-state index contributed by atoms with van der Waals surface area (Å²) in [5, 5.41) is 1.73. The van der Waals surface area contributed by atoms with Crippen LogP contribution in [0.1, 0.15) is 5.56 Å². The first-order chi connectivity index (χ1) is 12.5. The molecule has 2 aromatic carbocycles. The number of hydrogen-bond donors (Lipinski definition) is 1. The van der Waals surface area contributed by atoms with E-state index in [9.17, 15) is 30.8 Å². The molecule has 0 bridgehead atoms. The highest BCUT2D eigenvalue weighted by molar-refractivity contribution is 7.93. The van der Waals surface area contributed by atoms with E-state index in [0.29, 0.717) is 16.4 Å². The van der Waals surface area contributed by atoms with E-state index in [1.54, 1.807) is 0 Å². The van der Waals surface area contributed by atoms with Crippen LogP contribution in [0.4, 0.5) is 23.2 Å². The summed E-state index contributed by atoms with van der Waals surface area (Å²) in [5.74, 6) is -1.55. The zero-order chi connectivity index (χ0) is 20.4. The summed E-state index contributed by atoms with van der Waals surface area (Å²) < 4.78 is 78.8. The third-order valence-electron chi connectivity index (χ3n) is 3.49. The van der Waals surface area contributed by atoms with Crippen molar-refractivity contribution in [1.29, 1.82) is 0 Å². The van der Waals surface area contributed by atoms with E-state index in [4.69, 9.17) is 11.6 Å². The largest absolute Gasteiger partial charge is 0.416 e. The predicted octanol–water partition coefficient (Wildman–Crippen LogP) is 3.44. The molecule has 0 saturated carbocycles. The molecule has 1 amide bonds. The first-order valence-electron chi connectivity index (χ1n) is 7.32. The maximum Gasteiger partial charge on any atom is 0.416 e. The Balaban J connectivity index is 2.65. The molecule has 11 heteroatoms. The van der Waals surface area contributed by atoms with Crippen molar-refractivity contribution in [1.82, 2.24) is 5.32 Å². The number of hydrogen-bond acceptors (Lipinski definition) is 3. The molecule has 0 saturated heterocycles. The van der Waals surface area contributed by atoms with Crippen molar-refractivity contribution in [3.05, 3.63) is 58.9 Å². The van der Waals surface area contributed by atoms with Gasteiger partial charge in [0.1, 0.15) is 17.3 Å². The van der Waals surface area contributed by atoms with Crippen molar-refractivity contribution in [2.45, 2.75) is 11.1 Å². The van der Waals surface area contributed by atoms with E-state index in [-0.39, 0.29) is 5.69 Å². The summed E-state index contributed by atoms with van der Waals surface area (Å²) in [6.07, 6.45) is -4.81. The summed E-state index contributed by atoms with van der Waals surface area (Å²) in [7, 11) is -3.47. The van der Waals surface area contributed by atoms with Gasteiger partial charge < -0.3 is 5.32 Å². The molecule has 0 radical (unpaired) electrons. The number of likely N-dealkylation sites (N-methyl/N-ethyl adjacent to an activating group) is 1. The summed E-state index contributed by atoms with van der Waals surface area (Å²) in [6.45, 7) is -0.783. The molecule has 2 rings (SSSR count). The molecule has 2 aromatic rings. The second-order valence-corrected chi connectivity index (χ2v) is 7.55. The van der Waals surface area contributed by atoms with Crippen LogP contribution >= 0.6 is 11.6 Å². The smallest absolute Gasteiger partial charge is 0.358 e. The number of anilines is 1. The SMILES string of the molecule is CNC(=O)CN(c1cccc(F)c1)S(=O)(=O)c1cc(C(F)(F)F)ccc1Cl. The van der Waals surface area contributed by atoms with Gasteiger partial charge in [0, 0.05) is 7.05 Å². The van der Waals surface area contributed by atoms with Crippen molar-refractivity contribution in [3.63, 3.8) is 0 Å². The Kier molecular flexibility index (Phi) is 6.01. The summed E-state index contributed by atoms with van der Waals surface area (Å²) in [6, 6.07) is 6.07. The Morgan fingerprint density at radius 3 is 2.41 bits per heavy atom. The third-order valence-corrected chi connectivity index (χ3v) is 5.74. The number of rotatable bonds is 5. The molecule has 146 valence electrons. The van der Waals surface area contributed by atoms with Crippen molar-refractivity contribution < 1.29 is 30.8 Å². The highest BCUT2D eigenvalue weighted by Crippen LogP contribution is 2.35. The summed E-state index contributed by atoms with van der Waals surface area (Å²) in [4.78, 5) is 10.9. The average molecular weight is 425 g/mol. The molecule has 0 aliphatic rings. The van der Waals surface area contributed by atoms with E-state index in [1.807, 2.05) is 0 Å². The van der Waals surface area contributed by atoms with Crippen LogP contribution in [0.2, 0.25) is 5.02 Å². The second kappa shape index (κ2) is 7.73. The molecule has 0 heterocycles. The Bertz CT molecular complexity index is 964. The first kappa shape index (κ1) is 21.0. The number of sulfonamides is 1. The lowest BCUT2D eigenvalue weighted by atomic mass is 10.2. The van der Waals surface area contributed by atoms with Gasteiger partial charge >= 0.3 is 6.18 Å². The van der Waals surface area contributed by atoms with E-state index < -0.39 is 50.0 Å². The molecule has 0 aliphatic carbocycles. The minimum Gasteiger partial charge on any atom is -0.358 e. The van der Waals surface area contributed by atoms with Crippen LogP contribution in [0, 0.1) is 5.82 Å². The number of nitrogens with one attached hydrogen (secondary N) is 1. The normalized spacial score (nSPS) is 11.9. The fourth-order valence-electron chi connectivity index (χ4n) is 2.15. The standard InChI is InChI=1S/C16H13ClF4N2O3S/c1-22-15(24)9-23(12-4-2-3-11(18)8-12)27(25,26)14-7-10(16(19,20)21)5-6-13(14)17/h2-8H,9H2,1H3,(H,22,24). The van der Waals surface area contributed by atoms with Gasteiger partial charge in [-0.05, 0) is 36.4 Å². The average Bonchev–Trinajstić information content (AvgIpc) is 2.58. The Morgan fingerprint density at radius 1 is 1.19 bits per heavy atom. The van der Waals surface area contributed by atoms with Crippen LogP contribution in [0.15, 0.2) is 47.4 Å². The molecular weight excluding hydrogens is 412 g/mol. The number of alkyl halides is 3. The van der Waals surface area contributed by atoms with Gasteiger partial charge in [0.05, 0.1) is 16.3 Å². The fraction of sp³-hybridized carbons (Fsp3) is 0.188. The van der Waals surface area contributed by atoms with Gasteiger partial charge in [-0.3, -0.25) is 9.10 Å². The van der Waals surface area contributed by atoms with Crippen LogP contribution in [0.5, 0.6) is 0 Å². The van der Waals surface area contributed by atoms with Crippen LogP contribution in [0.25, 0.3) is 0 Å². The van der Waals surface area contributed by atoms with Gasteiger partial charge in [-0.2, -0.15) is 13.2 Å². The van der Waals surface area contributed by atoms with E-state index in [2.05, 4.69) is 5.32 Å². The van der Waals surface area contributed by atoms with Crippen LogP contribution in [0.3, 0.4) is 0 Å². The first-order valence-corrected chi connectivity index (χ1v) is 9.14. The molecule has 27 heavy (non-hydrogen) atoms. The zero-order valence-corrected chi connectivity index (χ0v) is 15.3. The topological polar surface area (TPSA) is 66.5 Å². The molecule has 1 N–H and O–H groups in total. The van der Waals surface area contributed by atoms with E-state index in [1.165, 1.54) is 19.2 Å². The van der Waals surface area contributed by atoms with Gasteiger partial charge in [0.15, 0.2) is 0 Å². The van der Waals surface area contributed by atoms with E-state index in [0.717, 1.165) is 18.2 Å². The monoisotopic (exact) mass is 424 g/mol. The Morgan fingerprint density at radius 2 is 1.85 bits per heavy atom. The van der Waals surface area contributed by atoms with Crippen molar-refractivity contribution >= 4 is 33.2 Å². The number of carbonyl (C=O) groups is 1. The maximum atomic E-state index is 13.5. The lowest BCUT2D eigenvalue weighted by Gasteiger charge is -2.24. The minimum absolute atomic E-state index is 0.243. The van der Waals surface area contributed by atoms with Crippen LogP contribution in [-0.2, 0) is 21.0 Å². The molecule has 0 atom stereocenters. The summed E-state index contributed by atoms with van der Waals surface area (Å²) >= 11 is 5.82. The number of nitrogens with zero attached hydrogens (tertiary/aromatic N) is 1. The predicted molar refractivity (Wildman–Crippen MR) is 91.5 cm³/mol. The number of amides is 1. The highest BCUT2D eigenvalue weighted by Gasteiger charge is 2.35. The molecular formula is C16H13ClF4N2O3S. The van der Waals surface area contributed by atoms with Crippen molar-refractivity contribution in [2.24, 2.45) is 0 Å².